The van der Waals surface area contributed by atoms with E-state index in [1.165, 1.54) is 0 Å². The Bertz CT molecular complexity index is 535. The molecular formula is C10H7BrClNO2. The number of fused-ring (bicyclic) bond motifs is 1. The number of rotatable bonds is 2. The summed E-state index contributed by atoms with van der Waals surface area (Å²) in [5, 5.41) is 10.2. The zero-order valence-corrected chi connectivity index (χ0v) is 9.89. The second kappa shape index (κ2) is 3.96. The summed E-state index contributed by atoms with van der Waals surface area (Å²) < 4.78 is 0.688. The largest absolute Gasteiger partial charge is 0.388 e. The van der Waals surface area contributed by atoms with Crippen LogP contribution in [0.1, 0.15) is 10.4 Å². The predicted molar refractivity (Wildman–Crippen MR) is 62.4 cm³/mol. The molecule has 0 saturated heterocycles. The normalized spacial score (nSPS) is 10.9. The lowest BCUT2D eigenvalue weighted by Crippen LogP contribution is -2.03. The number of hydrogen-bond acceptors (Lipinski definition) is 2. The summed E-state index contributed by atoms with van der Waals surface area (Å²) in [6, 6.07) is 5.07. The fourth-order valence-corrected chi connectivity index (χ4v) is 2.03. The van der Waals surface area contributed by atoms with Gasteiger partial charge in [-0.1, -0.05) is 23.7 Å². The molecule has 0 spiro atoms. The smallest absolute Gasteiger partial charge is 0.188 e. The average Bonchev–Trinajstić information content (AvgIpc) is 2.53. The Labute approximate surface area is 99.2 Å². The summed E-state index contributed by atoms with van der Waals surface area (Å²) in [6.07, 6.45) is 0. The van der Waals surface area contributed by atoms with Gasteiger partial charge in [0.1, 0.15) is 11.2 Å². The van der Waals surface area contributed by atoms with Crippen LogP contribution >= 0.6 is 27.5 Å². The van der Waals surface area contributed by atoms with Crippen molar-refractivity contribution >= 4 is 44.2 Å². The highest BCUT2D eigenvalue weighted by molar-refractivity contribution is 9.10. The summed E-state index contributed by atoms with van der Waals surface area (Å²) in [4.78, 5) is 14.2. The van der Waals surface area contributed by atoms with E-state index in [-0.39, 0.29) is 5.78 Å². The van der Waals surface area contributed by atoms with Crippen molar-refractivity contribution in [3.05, 3.63) is 33.4 Å². The Balaban J connectivity index is 2.62. The number of Topliss-reactive ketones (excluding diaryl/α,β-unsaturated/α-hetero) is 1. The third-order valence-corrected chi connectivity index (χ3v) is 3.37. The molecule has 2 N–H and O–H groups in total. The highest BCUT2D eigenvalue weighted by Gasteiger charge is 2.10. The SMILES string of the molecule is O=C(CO)c1ccc2c(Cl)c(Br)[nH]c2c1. The summed E-state index contributed by atoms with van der Waals surface area (Å²) in [5.74, 6) is -0.307. The van der Waals surface area contributed by atoms with Crippen LogP contribution in [0, 0.1) is 0 Å². The van der Waals surface area contributed by atoms with E-state index in [1.54, 1.807) is 18.2 Å². The van der Waals surface area contributed by atoms with E-state index < -0.39 is 6.61 Å². The minimum absolute atomic E-state index is 0.307. The van der Waals surface area contributed by atoms with Gasteiger partial charge in [0.2, 0.25) is 0 Å². The number of aliphatic hydroxyl groups is 1. The molecule has 0 bridgehead atoms. The van der Waals surface area contributed by atoms with Crippen molar-refractivity contribution in [3.8, 4) is 0 Å². The molecule has 2 rings (SSSR count). The number of H-pyrrole nitrogens is 1. The van der Waals surface area contributed by atoms with Crippen LogP contribution in [0.3, 0.4) is 0 Å². The fourth-order valence-electron chi connectivity index (χ4n) is 1.40. The highest BCUT2D eigenvalue weighted by atomic mass is 79.9. The van der Waals surface area contributed by atoms with Crippen molar-refractivity contribution in [2.24, 2.45) is 0 Å². The lowest BCUT2D eigenvalue weighted by Gasteiger charge is -1.97. The van der Waals surface area contributed by atoms with Crippen molar-refractivity contribution in [1.82, 2.24) is 4.98 Å². The zero-order chi connectivity index (χ0) is 11.0. The first-order chi connectivity index (χ1) is 7.13. The van der Waals surface area contributed by atoms with Crippen molar-refractivity contribution in [2.75, 3.05) is 6.61 Å². The number of carbonyl (C=O) groups excluding carboxylic acids is 1. The van der Waals surface area contributed by atoms with Gasteiger partial charge in [0.15, 0.2) is 5.78 Å². The number of nitrogens with one attached hydrogen (secondary N) is 1. The molecule has 0 aliphatic heterocycles. The van der Waals surface area contributed by atoms with Crippen LogP contribution in [-0.4, -0.2) is 22.5 Å². The molecule has 0 radical (unpaired) electrons. The molecule has 0 aliphatic carbocycles. The molecule has 0 saturated carbocycles. The number of aliphatic hydroxyl groups excluding tert-OH is 1. The van der Waals surface area contributed by atoms with E-state index >= 15 is 0 Å². The van der Waals surface area contributed by atoms with Crippen molar-refractivity contribution in [3.63, 3.8) is 0 Å². The van der Waals surface area contributed by atoms with Crippen LogP contribution in [0.15, 0.2) is 22.8 Å². The molecule has 1 aromatic heterocycles. The highest BCUT2D eigenvalue weighted by Crippen LogP contribution is 2.31. The Morgan fingerprint density at radius 2 is 2.27 bits per heavy atom. The molecule has 0 unspecified atom stereocenters. The maximum Gasteiger partial charge on any atom is 0.188 e. The molecule has 0 aliphatic rings. The molecule has 78 valence electrons. The van der Waals surface area contributed by atoms with Gasteiger partial charge in [-0.3, -0.25) is 4.79 Å². The van der Waals surface area contributed by atoms with Gasteiger partial charge in [-0.25, -0.2) is 0 Å². The summed E-state index contributed by atoms with van der Waals surface area (Å²) in [6.45, 7) is -0.485. The standard InChI is InChI=1S/C10H7BrClNO2/c11-10-9(12)6-2-1-5(8(15)4-14)3-7(6)13-10/h1-3,13-14H,4H2. The number of halogens is 2. The van der Waals surface area contributed by atoms with Gasteiger partial charge >= 0.3 is 0 Å². The minimum Gasteiger partial charge on any atom is -0.388 e. The summed E-state index contributed by atoms with van der Waals surface area (Å²) in [5.41, 5.74) is 1.24. The van der Waals surface area contributed by atoms with E-state index in [2.05, 4.69) is 20.9 Å². The number of ketones is 1. The van der Waals surface area contributed by atoms with Crippen LogP contribution in [-0.2, 0) is 0 Å². The second-order valence-corrected chi connectivity index (χ2v) is 4.27. The monoisotopic (exact) mass is 287 g/mol. The van der Waals surface area contributed by atoms with E-state index in [1.807, 2.05) is 0 Å². The summed E-state index contributed by atoms with van der Waals surface area (Å²) in [7, 11) is 0. The molecule has 0 amide bonds. The third-order valence-electron chi connectivity index (χ3n) is 2.16. The molecule has 3 nitrogen and oxygen atoms in total. The summed E-state index contributed by atoms with van der Waals surface area (Å²) >= 11 is 9.26. The van der Waals surface area contributed by atoms with E-state index in [0.29, 0.717) is 15.2 Å². The lowest BCUT2D eigenvalue weighted by molar-refractivity contribution is 0.0904. The fraction of sp³-hybridized carbons (Fsp3) is 0.100. The first kappa shape index (κ1) is 10.7. The van der Waals surface area contributed by atoms with Gasteiger partial charge in [0.25, 0.3) is 0 Å². The number of aromatic amines is 1. The quantitative estimate of drug-likeness (QED) is 0.835. The molecule has 0 atom stereocenters. The molecular weight excluding hydrogens is 281 g/mol. The molecule has 15 heavy (non-hydrogen) atoms. The van der Waals surface area contributed by atoms with Gasteiger partial charge in [0, 0.05) is 16.5 Å². The van der Waals surface area contributed by atoms with E-state index in [9.17, 15) is 4.79 Å². The van der Waals surface area contributed by atoms with Gasteiger partial charge in [-0.15, -0.1) is 0 Å². The Hall–Kier alpha value is -0.840. The second-order valence-electron chi connectivity index (χ2n) is 3.09. The Morgan fingerprint density at radius 3 is 2.93 bits per heavy atom. The average molecular weight is 289 g/mol. The van der Waals surface area contributed by atoms with Crippen molar-refractivity contribution < 1.29 is 9.90 Å². The lowest BCUT2D eigenvalue weighted by atomic mass is 10.1. The number of hydrogen-bond donors (Lipinski definition) is 2. The predicted octanol–water partition coefficient (Wildman–Crippen LogP) is 2.76. The van der Waals surface area contributed by atoms with Gasteiger partial charge in [-0.05, 0) is 22.0 Å². The van der Waals surface area contributed by atoms with Crippen LogP contribution in [0.4, 0.5) is 0 Å². The molecule has 0 fully saturated rings. The van der Waals surface area contributed by atoms with E-state index in [0.717, 1.165) is 10.9 Å². The zero-order valence-electron chi connectivity index (χ0n) is 7.55. The van der Waals surface area contributed by atoms with Gasteiger partial charge < -0.3 is 10.1 Å². The molecule has 1 aromatic carbocycles. The Kier molecular flexibility index (Phi) is 2.82. The van der Waals surface area contributed by atoms with Crippen LogP contribution in [0.2, 0.25) is 5.02 Å². The molecule has 2 aromatic rings. The molecule has 1 heterocycles. The third kappa shape index (κ3) is 1.80. The van der Waals surface area contributed by atoms with Crippen LogP contribution in [0.5, 0.6) is 0 Å². The van der Waals surface area contributed by atoms with Crippen LogP contribution < -0.4 is 0 Å². The maximum atomic E-state index is 11.2. The number of carbonyl (C=O) groups is 1. The Morgan fingerprint density at radius 1 is 1.53 bits per heavy atom. The van der Waals surface area contributed by atoms with Crippen LogP contribution in [0.25, 0.3) is 10.9 Å². The van der Waals surface area contributed by atoms with Gasteiger partial charge in [0.05, 0.1) is 5.02 Å². The molecule has 5 heteroatoms. The van der Waals surface area contributed by atoms with E-state index in [4.69, 9.17) is 16.7 Å². The minimum atomic E-state index is -0.485. The van der Waals surface area contributed by atoms with Gasteiger partial charge in [-0.2, -0.15) is 0 Å². The number of aromatic nitrogens is 1. The first-order valence-corrected chi connectivity index (χ1v) is 5.41. The first-order valence-electron chi connectivity index (χ1n) is 4.24. The van der Waals surface area contributed by atoms with Crippen molar-refractivity contribution in [2.45, 2.75) is 0 Å². The topological polar surface area (TPSA) is 53.1 Å². The maximum absolute atomic E-state index is 11.2. The van der Waals surface area contributed by atoms with Crippen molar-refractivity contribution in [1.29, 1.82) is 0 Å². The number of benzene rings is 1.